The molecule has 0 unspecified atom stereocenters. The van der Waals surface area contributed by atoms with Crippen molar-refractivity contribution >= 4 is 29.0 Å². The number of halogens is 2. The van der Waals surface area contributed by atoms with Crippen molar-refractivity contribution in [3.8, 4) is 23.4 Å². The molecule has 1 heterocycles. The fourth-order valence-electron chi connectivity index (χ4n) is 3.64. The lowest BCUT2D eigenvalue weighted by atomic mass is 9.97. The molecule has 0 amide bonds. The minimum Gasteiger partial charge on any atom is -0.497 e. The fourth-order valence-corrected chi connectivity index (χ4v) is 4.24. The molecule has 3 aromatic rings. The third-order valence-corrected chi connectivity index (χ3v) is 6.08. The Bertz CT molecular complexity index is 1340. The van der Waals surface area contributed by atoms with Crippen LogP contribution in [0.2, 0.25) is 10.0 Å². The molecular weight excluding hydrogens is 491 g/mol. The highest BCUT2D eigenvalue weighted by Gasteiger charge is 2.26. The van der Waals surface area contributed by atoms with Crippen molar-refractivity contribution < 1.29 is 19.4 Å². The largest absolute Gasteiger partial charge is 0.497 e. The molecule has 35 heavy (non-hydrogen) atoms. The Labute approximate surface area is 213 Å². The van der Waals surface area contributed by atoms with Gasteiger partial charge in [-0.15, -0.1) is 0 Å². The summed E-state index contributed by atoms with van der Waals surface area (Å²) in [6, 6.07) is 11.9. The number of pyridine rings is 1. The zero-order chi connectivity index (χ0) is 25.7. The van der Waals surface area contributed by atoms with E-state index >= 15 is 0 Å². The molecular formula is C26H24Cl2N2O5. The number of aromatic nitrogens is 1. The second-order valence-corrected chi connectivity index (χ2v) is 8.63. The Balaban J connectivity index is 2.04. The minimum atomic E-state index is -0.674. The predicted molar refractivity (Wildman–Crippen MR) is 134 cm³/mol. The zero-order valence-electron chi connectivity index (χ0n) is 19.5. The van der Waals surface area contributed by atoms with E-state index in [1.807, 2.05) is 25.1 Å². The molecule has 1 N–H and O–H groups in total. The number of carbonyl (C=O) groups excluding carboxylic acids is 1. The molecule has 0 saturated carbocycles. The number of nitriles is 1. The van der Waals surface area contributed by atoms with Crippen LogP contribution in [0.5, 0.6) is 17.4 Å². The van der Waals surface area contributed by atoms with Crippen LogP contribution in [0.25, 0.3) is 0 Å². The third kappa shape index (κ3) is 5.45. The van der Waals surface area contributed by atoms with Crippen LogP contribution in [0.4, 0.5) is 0 Å². The van der Waals surface area contributed by atoms with Gasteiger partial charge in [-0.25, -0.2) is 0 Å². The van der Waals surface area contributed by atoms with E-state index in [-0.39, 0.29) is 44.6 Å². The van der Waals surface area contributed by atoms with Crippen molar-refractivity contribution in [3.05, 3.63) is 84.6 Å². The second kappa shape index (κ2) is 11.3. The first-order valence-electron chi connectivity index (χ1n) is 10.9. The molecule has 1 aromatic heterocycles. The first-order valence-corrected chi connectivity index (χ1v) is 11.6. The summed E-state index contributed by atoms with van der Waals surface area (Å²) >= 11 is 12.6. The number of aryl methyl sites for hydroxylation is 1. The highest BCUT2D eigenvalue weighted by atomic mass is 35.5. The lowest BCUT2D eigenvalue weighted by Crippen LogP contribution is -2.27. The highest BCUT2D eigenvalue weighted by molar-refractivity contribution is 6.38. The summed E-state index contributed by atoms with van der Waals surface area (Å²) in [5.74, 6) is -0.203. The van der Waals surface area contributed by atoms with Crippen LogP contribution in [0.3, 0.4) is 0 Å². The second-order valence-electron chi connectivity index (χ2n) is 7.81. The summed E-state index contributed by atoms with van der Waals surface area (Å²) in [5, 5.41) is 20.9. The average Bonchev–Trinajstić information content (AvgIpc) is 2.84. The molecule has 2 aromatic carbocycles. The number of ether oxygens (including phenoxy) is 2. The molecule has 9 heteroatoms. The number of rotatable bonds is 9. The summed E-state index contributed by atoms with van der Waals surface area (Å²) < 4.78 is 11.7. The van der Waals surface area contributed by atoms with Crippen LogP contribution in [0.15, 0.2) is 41.2 Å². The number of carbonyl (C=O) groups is 1. The van der Waals surface area contributed by atoms with Gasteiger partial charge in [0, 0.05) is 12.1 Å². The number of hydrogen-bond donors (Lipinski definition) is 1. The fraction of sp³-hybridized carbons (Fsp3) is 0.269. The topological polar surface area (TPSA) is 102 Å². The van der Waals surface area contributed by atoms with Gasteiger partial charge in [-0.1, -0.05) is 42.3 Å². The minimum absolute atomic E-state index is 0.0531. The van der Waals surface area contributed by atoms with Crippen molar-refractivity contribution in [3.63, 3.8) is 0 Å². The zero-order valence-corrected chi connectivity index (χ0v) is 21.0. The molecule has 182 valence electrons. The molecule has 0 radical (unpaired) electrons. The first kappa shape index (κ1) is 26.1. The number of methoxy groups -OCH3 is 1. The summed E-state index contributed by atoms with van der Waals surface area (Å²) in [6.45, 7) is 3.83. The lowest BCUT2D eigenvalue weighted by Gasteiger charge is -2.16. The lowest BCUT2D eigenvalue weighted by molar-refractivity contribution is 0.103. The number of hydrogen-bond acceptors (Lipinski definition) is 6. The number of benzene rings is 2. The highest BCUT2D eigenvalue weighted by Crippen LogP contribution is 2.36. The Morgan fingerprint density at radius 1 is 1.17 bits per heavy atom. The van der Waals surface area contributed by atoms with Crippen LogP contribution in [-0.2, 0) is 13.0 Å². The molecule has 0 aliphatic carbocycles. The van der Waals surface area contributed by atoms with E-state index < -0.39 is 17.2 Å². The molecule has 0 saturated heterocycles. The normalized spacial score (nSPS) is 10.6. The van der Waals surface area contributed by atoms with Gasteiger partial charge >= 0.3 is 0 Å². The van der Waals surface area contributed by atoms with Crippen molar-refractivity contribution in [1.29, 1.82) is 5.26 Å². The maximum absolute atomic E-state index is 13.4. The average molecular weight is 515 g/mol. The van der Waals surface area contributed by atoms with E-state index in [0.29, 0.717) is 18.8 Å². The van der Waals surface area contributed by atoms with Crippen LogP contribution in [0.1, 0.15) is 46.0 Å². The summed E-state index contributed by atoms with van der Waals surface area (Å²) in [7, 11) is 1.56. The molecule has 0 fully saturated rings. The van der Waals surface area contributed by atoms with Crippen LogP contribution < -0.4 is 15.0 Å². The van der Waals surface area contributed by atoms with Crippen molar-refractivity contribution in [2.75, 3.05) is 13.7 Å². The van der Waals surface area contributed by atoms with Gasteiger partial charge in [-0.3, -0.25) is 14.2 Å². The monoisotopic (exact) mass is 514 g/mol. The Hall–Kier alpha value is -3.47. The molecule has 0 atom stereocenters. The van der Waals surface area contributed by atoms with E-state index in [1.54, 1.807) is 19.2 Å². The van der Waals surface area contributed by atoms with Gasteiger partial charge in [0.2, 0.25) is 5.88 Å². The van der Waals surface area contributed by atoms with E-state index in [0.717, 1.165) is 16.6 Å². The summed E-state index contributed by atoms with van der Waals surface area (Å²) in [5.41, 5.74) is -0.00538. The van der Waals surface area contributed by atoms with Gasteiger partial charge in [-0.2, -0.15) is 5.26 Å². The van der Waals surface area contributed by atoms with Crippen molar-refractivity contribution in [1.82, 2.24) is 4.57 Å². The smallest absolute Gasteiger partial charge is 0.271 e. The molecule has 7 nitrogen and oxygen atoms in total. The van der Waals surface area contributed by atoms with Gasteiger partial charge in [0.25, 0.3) is 5.56 Å². The quantitative estimate of drug-likeness (QED) is 0.388. The molecule has 0 bridgehead atoms. The molecule has 0 aliphatic rings. The van der Waals surface area contributed by atoms with Gasteiger partial charge in [0.05, 0.1) is 29.3 Å². The number of aromatic hydroxyl groups is 1. The summed E-state index contributed by atoms with van der Waals surface area (Å²) in [6.07, 6.45) is 1.12. The molecule has 0 aliphatic heterocycles. The van der Waals surface area contributed by atoms with E-state index in [9.17, 15) is 20.0 Å². The molecule has 3 rings (SSSR count). The van der Waals surface area contributed by atoms with Crippen molar-refractivity contribution in [2.24, 2.45) is 0 Å². The Morgan fingerprint density at radius 3 is 2.34 bits per heavy atom. The maximum atomic E-state index is 13.4. The SMILES string of the molecule is CCCOc1c(Cl)cc(C(=O)c2c(C)c(C#N)c(=O)n(CCc3ccc(OC)cc3)c2O)cc1Cl. The number of ketones is 1. The van der Waals surface area contributed by atoms with Gasteiger partial charge in [0.1, 0.15) is 17.4 Å². The predicted octanol–water partition coefficient (Wildman–Crippen LogP) is 5.31. The Kier molecular flexibility index (Phi) is 8.44. The standard InChI is InChI=1S/C26H24Cl2N2O5/c1-4-11-35-24-20(27)12-17(13-21(24)28)23(31)22-15(2)19(14-29)25(32)30(26(22)33)10-9-16-5-7-18(34-3)8-6-16/h5-8,12-13,33H,4,9-11H2,1-3H3. The van der Waals surface area contributed by atoms with E-state index in [4.69, 9.17) is 32.7 Å². The number of nitrogens with zero attached hydrogens (tertiary/aromatic N) is 2. The van der Waals surface area contributed by atoms with Gasteiger partial charge in [-0.05, 0) is 55.2 Å². The van der Waals surface area contributed by atoms with E-state index in [2.05, 4.69) is 0 Å². The summed E-state index contributed by atoms with van der Waals surface area (Å²) in [4.78, 5) is 26.4. The van der Waals surface area contributed by atoms with E-state index in [1.165, 1.54) is 19.1 Å². The maximum Gasteiger partial charge on any atom is 0.271 e. The third-order valence-electron chi connectivity index (χ3n) is 5.52. The Morgan fingerprint density at radius 2 is 1.80 bits per heavy atom. The first-order chi connectivity index (χ1) is 16.7. The molecule has 0 spiro atoms. The van der Waals surface area contributed by atoms with Crippen LogP contribution in [0, 0.1) is 18.3 Å². The van der Waals surface area contributed by atoms with Crippen LogP contribution in [-0.4, -0.2) is 29.2 Å². The van der Waals surface area contributed by atoms with Gasteiger partial charge < -0.3 is 14.6 Å². The van der Waals surface area contributed by atoms with Crippen molar-refractivity contribution in [2.45, 2.75) is 33.2 Å². The van der Waals surface area contributed by atoms with Crippen LogP contribution >= 0.6 is 23.2 Å². The van der Waals surface area contributed by atoms with Gasteiger partial charge in [0.15, 0.2) is 11.5 Å².